The molecule has 1 heterocycles. The maximum Gasteiger partial charge on any atom is 0.246 e. The second kappa shape index (κ2) is 9.43. The van der Waals surface area contributed by atoms with Gasteiger partial charge < -0.3 is 4.74 Å². The number of ether oxygens (including phenoxy) is 1. The molecule has 6 heteroatoms. The molecular weight excluding hydrogens is 430 g/mol. The fraction of sp³-hybridized carbons (Fsp3) is 0.280. The molecule has 0 amide bonds. The number of sulfonamides is 1. The monoisotopic (exact) mass is 455 g/mol. The molecule has 3 aromatic rings. The zero-order valence-electron chi connectivity index (χ0n) is 17.5. The summed E-state index contributed by atoms with van der Waals surface area (Å²) in [5, 5.41) is 0.452. The second-order valence-electron chi connectivity index (χ2n) is 7.91. The van der Waals surface area contributed by atoms with Crippen LogP contribution in [0.15, 0.2) is 77.7 Å². The van der Waals surface area contributed by atoms with Crippen molar-refractivity contribution in [2.45, 2.75) is 24.2 Å². The van der Waals surface area contributed by atoms with Gasteiger partial charge in [0.05, 0.1) is 7.11 Å². The predicted molar refractivity (Wildman–Crippen MR) is 125 cm³/mol. The van der Waals surface area contributed by atoms with E-state index in [0.29, 0.717) is 24.0 Å². The molecule has 4 nitrogen and oxygen atoms in total. The van der Waals surface area contributed by atoms with Crippen LogP contribution in [0.2, 0.25) is 5.02 Å². The smallest absolute Gasteiger partial charge is 0.246 e. The number of methoxy groups -OCH3 is 1. The van der Waals surface area contributed by atoms with Gasteiger partial charge in [-0.2, -0.15) is 4.31 Å². The SMILES string of the molecule is COc1cc(Cl)ccc1S(=O)(=O)N1CCC(Cc2ccc(-c3ccccc3)cc2)CC1. The van der Waals surface area contributed by atoms with Crippen LogP contribution in [0.1, 0.15) is 18.4 Å². The van der Waals surface area contributed by atoms with Crippen LogP contribution in [0.3, 0.4) is 0 Å². The average molecular weight is 456 g/mol. The molecule has 1 fully saturated rings. The second-order valence-corrected chi connectivity index (χ2v) is 10.3. The molecule has 0 bridgehead atoms. The molecule has 162 valence electrons. The van der Waals surface area contributed by atoms with Crippen molar-refractivity contribution in [2.75, 3.05) is 20.2 Å². The van der Waals surface area contributed by atoms with Gasteiger partial charge >= 0.3 is 0 Å². The highest BCUT2D eigenvalue weighted by molar-refractivity contribution is 7.89. The molecule has 1 aliphatic heterocycles. The van der Waals surface area contributed by atoms with E-state index in [9.17, 15) is 8.42 Å². The van der Waals surface area contributed by atoms with E-state index in [0.717, 1.165) is 19.3 Å². The molecule has 1 saturated heterocycles. The van der Waals surface area contributed by atoms with Crippen molar-refractivity contribution in [3.8, 4) is 16.9 Å². The first-order chi connectivity index (χ1) is 15.0. The lowest BCUT2D eigenvalue weighted by Gasteiger charge is -2.31. The Bertz CT molecular complexity index is 1120. The Balaban J connectivity index is 1.39. The Morgan fingerprint density at radius 1 is 0.935 bits per heavy atom. The summed E-state index contributed by atoms with van der Waals surface area (Å²) in [7, 11) is -2.15. The number of rotatable bonds is 6. The highest BCUT2D eigenvalue weighted by Crippen LogP contribution is 2.32. The van der Waals surface area contributed by atoms with Crippen molar-refractivity contribution in [1.29, 1.82) is 0 Å². The van der Waals surface area contributed by atoms with Gasteiger partial charge in [-0.25, -0.2) is 8.42 Å². The first kappa shape index (κ1) is 21.9. The molecule has 31 heavy (non-hydrogen) atoms. The van der Waals surface area contributed by atoms with Crippen molar-refractivity contribution < 1.29 is 13.2 Å². The highest BCUT2D eigenvalue weighted by atomic mass is 35.5. The quantitative estimate of drug-likeness (QED) is 0.481. The standard InChI is InChI=1S/C25H26ClNO3S/c1-30-24-18-23(26)11-12-25(24)31(28,29)27-15-13-20(14-16-27)17-19-7-9-22(10-8-19)21-5-3-2-4-6-21/h2-12,18,20H,13-17H2,1H3. The summed E-state index contributed by atoms with van der Waals surface area (Å²) in [6, 6.07) is 23.7. The number of halogens is 1. The molecule has 0 N–H and O–H groups in total. The zero-order chi connectivity index (χ0) is 21.8. The van der Waals surface area contributed by atoms with E-state index < -0.39 is 10.0 Å². The summed E-state index contributed by atoms with van der Waals surface area (Å²) in [4.78, 5) is 0.175. The molecule has 0 saturated carbocycles. The van der Waals surface area contributed by atoms with Crippen LogP contribution in [0.25, 0.3) is 11.1 Å². The van der Waals surface area contributed by atoms with Crippen LogP contribution >= 0.6 is 11.6 Å². The largest absolute Gasteiger partial charge is 0.495 e. The van der Waals surface area contributed by atoms with E-state index in [2.05, 4.69) is 36.4 Å². The van der Waals surface area contributed by atoms with Crippen LogP contribution < -0.4 is 4.74 Å². The fourth-order valence-electron chi connectivity index (χ4n) is 4.14. The Kier molecular flexibility index (Phi) is 6.65. The van der Waals surface area contributed by atoms with Crippen LogP contribution in [-0.4, -0.2) is 32.9 Å². The Morgan fingerprint density at radius 2 is 1.58 bits per heavy atom. The van der Waals surface area contributed by atoms with Gasteiger partial charge in [0.1, 0.15) is 10.6 Å². The van der Waals surface area contributed by atoms with E-state index in [4.69, 9.17) is 16.3 Å². The van der Waals surface area contributed by atoms with Crippen LogP contribution in [-0.2, 0) is 16.4 Å². The van der Waals surface area contributed by atoms with E-state index in [-0.39, 0.29) is 10.6 Å². The van der Waals surface area contributed by atoms with Crippen LogP contribution in [0, 0.1) is 5.92 Å². The number of nitrogens with zero attached hydrogens (tertiary/aromatic N) is 1. The topological polar surface area (TPSA) is 46.6 Å². The number of benzene rings is 3. The van der Waals surface area contributed by atoms with Gasteiger partial charge in [0.15, 0.2) is 0 Å². The van der Waals surface area contributed by atoms with Gasteiger partial charge in [0.25, 0.3) is 0 Å². The lowest BCUT2D eigenvalue weighted by atomic mass is 9.90. The van der Waals surface area contributed by atoms with E-state index in [1.165, 1.54) is 29.9 Å². The number of piperidine rings is 1. The molecule has 4 rings (SSSR count). The number of hydrogen-bond acceptors (Lipinski definition) is 3. The van der Waals surface area contributed by atoms with Crippen molar-refractivity contribution in [3.63, 3.8) is 0 Å². The van der Waals surface area contributed by atoms with E-state index in [1.54, 1.807) is 16.4 Å². The van der Waals surface area contributed by atoms with Crippen molar-refractivity contribution in [3.05, 3.63) is 83.4 Å². The first-order valence-corrected chi connectivity index (χ1v) is 12.3. The molecular formula is C25H26ClNO3S. The van der Waals surface area contributed by atoms with Gasteiger partial charge in [0, 0.05) is 24.2 Å². The maximum atomic E-state index is 13.1. The molecule has 3 aromatic carbocycles. The summed E-state index contributed by atoms with van der Waals surface area (Å²) in [6.45, 7) is 1.03. The summed E-state index contributed by atoms with van der Waals surface area (Å²) in [5.41, 5.74) is 3.72. The van der Waals surface area contributed by atoms with Gasteiger partial charge in [-0.15, -0.1) is 0 Å². The van der Waals surface area contributed by atoms with Crippen molar-refractivity contribution in [2.24, 2.45) is 5.92 Å². The minimum Gasteiger partial charge on any atom is -0.495 e. The summed E-state index contributed by atoms with van der Waals surface area (Å²) >= 11 is 5.98. The Labute approximate surface area is 189 Å². The van der Waals surface area contributed by atoms with Gasteiger partial charge in [-0.1, -0.05) is 66.2 Å². The minimum atomic E-state index is -3.60. The van der Waals surface area contributed by atoms with Crippen molar-refractivity contribution in [1.82, 2.24) is 4.31 Å². The zero-order valence-corrected chi connectivity index (χ0v) is 19.1. The van der Waals surface area contributed by atoms with E-state index in [1.807, 2.05) is 18.2 Å². The first-order valence-electron chi connectivity index (χ1n) is 10.5. The van der Waals surface area contributed by atoms with Crippen molar-refractivity contribution >= 4 is 21.6 Å². The van der Waals surface area contributed by atoms with Gasteiger partial charge in [-0.3, -0.25) is 0 Å². The molecule has 0 aliphatic carbocycles. The van der Waals surface area contributed by atoms with E-state index >= 15 is 0 Å². The maximum absolute atomic E-state index is 13.1. The summed E-state index contributed by atoms with van der Waals surface area (Å²) in [6.07, 6.45) is 2.65. The molecule has 0 atom stereocenters. The van der Waals surface area contributed by atoms with Crippen LogP contribution in [0.5, 0.6) is 5.75 Å². The lowest BCUT2D eigenvalue weighted by Crippen LogP contribution is -2.39. The Hall–Kier alpha value is -2.34. The number of hydrogen-bond donors (Lipinski definition) is 0. The fourth-order valence-corrected chi connectivity index (χ4v) is 5.91. The molecule has 0 spiro atoms. The third-order valence-electron chi connectivity index (χ3n) is 5.90. The van der Waals surface area contributed by atoms with Gasteiger partial charge in [0.2, 0.25) is 10.0 Å². The average Bonchev–Trinajstić information content (AvgIpc) is 2.80. The third-order valence-corrected chi connectivity index (χ3v) is 8.08. The third kappa shape index (κ3) is 4.95. The Morgan fingerprint density at radius 3 is 2.23 bits per heavy atom. The molecule has 1 aliphatic rings. The minimum absolute atomic E-state index is 0.175. The predicted octanol–water partition coefficient (Wildman–Crippen LogP) is 5.66. The van der Waals surface area contributed by atoms with Gasteiger partial charge in [-0.05, 0) is 54.0 Å². The molecule has 0 unspecified atom stereocenters. The lowest BCUT2D eigenvalue weighted by molar-refractivity contribution is 0.272. The molecule has 0 radical (unpaired) electrons. The van der Waals surface area contributed by atoms with Crippen LogP contribution in [0.4, 0.5) is 0 Å². The summed E-state index contributed by atoms with van der Waals surface area (Å²) < 4.78 is 33.1. The normalized spacial score (nSPS) is 15.7. The molecule has 0 aromatic heterocycles. The summed E-state index contributed by atoms with van der Waals surface area (Å²) in [5.74, 6) is 0.759. The highest BCUT2D eigenvalue weighted by Gasteiger charge is 2.31.